The van der Waals surface area contributed by atoms with Gasteiger partial charge in [-0.15, -0.1) is 0 Å². The van der Waals surface area contributed by atoms with Crippen LogP contribution in [0.2, 0.25) is 0 Å². The van der Waals surface area contributed by atoms with E-state index in [4.69, 9.17) is 9.47 Å². The molecule has 0 spiro atoms. The minimum absolute atomic E-state index is 0.0936. The Morgan fingerprint density at radius 2 is 1.93 bits per heavy atom. The molecule has 1 fully saturated rings. The van der Waals surface area contributed by atoms with Gasteiger partial charge in [0, 0.05) is 31.4 Å². The van der Waals surface area contributed by atoms with E-state index in [1.807, 2.05) is 11.0 Å². The fourth-order valence-corrected chi connectivity index (χ4v) is 3.67. The molecular weight excluding hydrogens is 346 g/mol. The Kier molecular flexibility index (Phi) is 4.62. The number of aromatic nitrogens is 4. The van der Waals surface area contributed by atoms with Crippen molar-refractivity contribution in [3.05, 3.63) is 41.9 Å². The minimum Gasteiger partial charge on any atom is -0.496 e. The average molecular weight is 367 g/mol. The second-order valence-electron chi connectivity index (χ2n) is 6.49. The lowest BCUT2D eigenvalue weighted by atomic mass is 9.93. The molecule has 1 aliphatic rings. The molecule has 2 aromatic heterocycles. The first-order valence-electron chi connectivity index (χ1n) is 8.88. The number of H-pyrrole nitrogens is 1. The first kappa shape index (κ1) is 17.3. The molecule has 1 N–H and O–H groups in total. The highest BCUT2D eigenvalue weighted by molar-refractivity contribution is 5.99. The van der Waals surface area contributed by atoms with E-state index in [0.717, 1.165) is 24.1 Å². The normalized spacial score (nSPS) is 17.1. The Hall–Kier alpha value is -3.16. The molecule has 0 radical (unpaired) electrons. The monoisotopic (exact) mass is 367 g/mol. The van der Waals surface area contributed by atoms with Crippen LogP contribution in [0.4, 0.5) is 0 Å². The van der Waals surface area contributed by atoms with Gasteiger partial charge in [-0.25, -0.2) is 9.97 Å². The lowest BCUT2D eigenvalue weighted by Gasteiger charge is -2.32. The van der Waals surface area contributed by atoms with E-state index in [1.54, 1.807) is 38.7 Å². The standard InChI is InChI=1S/C19H21N5O3/c1-26-13-6-3-7-14(27-2)15(13)19(25)24-10-4-5-12(11-24)16-17-18(23-22-16)21-9-8-20-17/h3,6-9,12H,4-5,10-11H2,1-2H3,(H,21,22,23). The number of carbonyl (C=O) groups is 1. The number of hydrogen-bond acceptors (Lipinski definition) is 6. The number of nitrogens with one attached hydrogen (secondary N) is 1. The van der Waals surface area contributed by atoms with Crippen LogP contribution < -0.4 is 9.47 Å². The largest absolute Gasteiger partial charge is 0.496 e. The van der Waals surface area contributed by atoms with Gasteiger partial charge in [0.05, 0.1) is 19.9 Å². The van der Waals surface area contributed by atoms with E-state index in [1.165, 1.54) is 0 Å². The van der Waals surface area contributed by atoms with Gasteiger partial charge in [0.15, 0.2) is 5.65 Å². The second-order valence-corrected chi connectivity index (χ2v) is 6.49. The first-order valence-corrected chi connectivity index (χ1v) is 8.88. The molecular formula is C19H21N5O3. The van der Waals surface area contributed by atoms with Gasteiger partial charge in [-0.3, -0.25) is 9.89 Å². The van der Waals surface area contributed by atoms with Crippen LogP contribution in [0.5, 0.6) is 11.5 Å². The molecule has 1 aromatic carbocycles. The van der Waals surface area contributed by atoms with Crippen molar-refractivity contribution in [2.45, 2.75) is 18.8 Å². The summed E-state index contributed by atoms with van der Waals surface area (Å²) in [6, 6.07) is 5.35. The number of likely N-dealkylation sites (tertiary alicyclic amines) is 1. The number of aromatic amines is 1. The molecule has 1 unspecified atom stereocenters. The smallest absolute Gasteiger partial charge is 0.261 e. The highest BCUT2D eigenvalue weighted by Crippen LogP contribution is 2.33. The molecule has 1 saturated heterocycles. The molecule has 1 aliphatic heterocycles. The summed E-state index contributed by atoms with van der Waals surface area (Å²) in [5.41, 5.74) is 2.76. The van der Waals surface area contributed by atoms with Gasteiger partial charge in [-0.05, 0) is 25.0 Å². The number of carbonyl (C=O) groups excluding carboxylic acids is 1. The molecule has 3 heterocycles. The van der Waals surface area contributed by atoms with Crippen molar-refractivity contribution in [3.8, 4) is 11.5 Å². The van der Waals surface area contributed by atoms with Crippen LogP contribution in [0.15, 0.2) is 30.6 Å². The Morgan fingerprint density at radius 1 is 1.19 bits per heavy atom. The topological polar surface area (TPSA) is 93.2 Å². The van der Waals surface area contributed by atoms with Gasteiger partial charge in [0.2, 0.25) is 0 Å². The molecule has 3 aromatic rings. The van der Waals surface area contributed by atoms with Crippen molar-refractivity contribution in [1.82, 2.24) is 25.1 Å². The molecule has 8 heteroatoms. The van der Waals surface area contributed by atoms with Crippen LogP contribution in [-0.2, 0) is 0 Å². The summed E-state index contributed by atoms with van der Waals surface area (Å²) in [5, 5.41) is 7.30. The maximum Gasteiger partial charge on any atom is 0.261 e. The lowest BCUT2D eigenvalue weighted by molar-refractivity contribution is 0.0699. The zero-order valence-corrected chi connectivity index (χ0v) is 15.3. The summed E-state index contributed by atoms with van der Waals surface area (Å²) in [5.74, 6) is 1.06. The number of amides is 1. The van der Waals surface area contributed by atoms with E-state index in [-0.39, 0.29) is 11.8 Å². The van der Waals surface area contributed by atoms with Crippen molar-refractivity contribution in [2.24, 2.45) is 0 Å². The third-order valence-corrected chi connectivity index (χ3v) is 4.97. The molecule has 0 bridgehead atoms. The molecule has 1 atom stereocenters. The summed E-state index contributed by atoms with van der Waals surface area (Å²) >= 11 is 0. The second kappa shape index (κ2) is 7.22. The van der Waals surface area contributed by atoms with Crippen molar-refractivity contribution < 1.29 is 14.3 Å². The quantitative estimate of drug-likeness (QED) is 0.761. The van der Waals surface area contributed by atoms with E-state index < -0.39 is 0 Å². The molecule has 8 nitrogen and oxygen atoms in total. The molecule has 140 valence electrons. The summed E-state index contributed by atoms with van der Waals surface area (Å²) in [7, 11) is 3.11. The maximum atomic E-state index is 13.3. The predicted molar refractivity (Wildman–Crippen MR) is 99.1 cm³/mol. The zero-order valence-electron chi connectivity index (χ0n) is 15.3. The fraction of sp³-hybridized carbons (Fsp3) is 0.368. The first-order chi connectivity index (χ1) is 13.2. The minimum atomic E-state index is -0.0936. The molecule has 0 saturated carbocycles. The average Bonchev–Trinajstić information content (AvgIpc) is 3.17. The number of fused-ring (bicyclic) bond motifs is 1. The van der Waals surface area contributed by atoms with Crippen molar-refractivity contribution in [1.29, 1.82) is 0 Å². The van der Waals surface area contributed by atoms with Gasteiger partial charge < -0.3 is 14.4 Å². The number of rotatable bonds is 4. The fourth-order valence-electron chi connectivity index (χ4n) is 3.67. The van der Waals surface area contributed by atoms with Crippen LogP contribution in [0.3, 0.4) is 0 Å². The van der Waals surface area contributed by atoms with Gasteiger partial charge in [-0.1, -0.05) is 6.07 Å². The van der Waals surface area contributed by atoms with E-state index in [9.17, 15) is 4.79 Å². The number of benzene rings is 1. The Labute approximate surface area is 156 Å². The van der Waals surface area contributed by atoms with E-state index in [0.29, 0.717) is 35.8 Å². The number of methoxy groups -OCH3 is 2. The van der Waals surface area contributed by atoms with Gasteiger partial charge in [-0.2, -0.15) is 5.10 Å². The Balaban J connectivity index is 1.63. The number of ether oxygens (including phenoxy) is 2. The van der Waals surface area contributed by atoms with Crippen molar-refractivity contribution in [2.75, 3.05) is 27.3 Å². The van der Waals surface area contributed by atoms with Crippen LogP contribution in [0.1, 0.15) is 34.8 Å². The number of piperidine rings is 1. The predicted octanol–water partition coefficient (Wildman–Crippen LogP) is 2.39. The summed E-state index contributed by atoms with van der Waals surface area (Å²) in [6.07, 6.45) is 5.14. The lowest BCUT2D eigenvalue weighted by Crippen LogP contribution is -2.39. The molecule has 27 heavy (non-hydrogen) atoms. The van der Waals surface area contributed by atoms with Crippen LogP contribution in [0, 0.1) is 0 Å². The number of nitrogens with zero attached hydrogens (tertiary/aromatic N) is 4. The molecule has 1 amide bonds. The highest BCUT2D eigenvalue weighted by Gasteiger charge is 2.31. The zero-order chi connectivity index (χ0) is 18.8. The summed E-state index contributed by atoms with van der Waals surface area (Å²) in [4.78, 5) is 23.7. The van der Waals surface area contributed by atoms with E-state index >= 15 is 0 Å². The van der Waals surface area contributed by atoms with Gasteiger partial charge in [0.1, 0.15) is 22.6 Å². The third-order valence-electron chi connectivity index (χ3n) is 4.97. The van der Waals surface area contributed by atoms with Gasteiger partial charge in [0.25, 0.3) is 5.91 Å². The Morgan fingerprint density at radius 3 is 2.67 bits per heavy atom. The summed E-state index contributed by atoms with van der Waals surface area (Å²) < 4.78 is 10.8. The van der Waals surface area contributed by atoms with Gasteiger partial charge >= 0.3 is 0 Å². The molecule has 4 rings (SSSR count). The Bertz CT molecular complexity index is 949. The summed E-state index contributed by atoms with van der Waals surface area (Å²) in [6.45, 7) is 1.27. The SMILES string of the molecule is COc1cccc(OC)c1C(=O)N1CCCC(c2[nH]nc3nccnc23)C1. The highest BCUT2D eigenvalue weighted by atomic mass is 16.5. The van der Waals surface area contributed by atoms with Crippen LogP contribution in [0.25, 0.3) is 11.2 Å². The van der Waals surface area contributed by atoms with Crippen molar-refractivity contribution in [3.63, 3.8) is 0 Å². The number of hydrogen-bond donors (Lipinski definition) is 1. The van der Waals surface area contributed by atoms with Crippen molar-refractivity contribution >= 4 is 17.1 Å². The maximum absolute atomic E-state index is 13.3. The third kappa shape index (κ3) is 3.07. The molecule has 0 aliphatic carbocycles. The van der Waals surface area contributed by atoms with Crippen LogP contribution in [-0.4, -0.2) is 58.3 Å². The van der Waals surface area contributed by atoms with E-state index in [2.05, 4.69) is 20.2 Å². The van der Waals surface area contributed by atoms with Crippen LogP contribution >= 0.6 is 0 Å².